The van der Waals surface area contributed by atoms with E-state index < -0.39 is 6.43 Å². The summed E-state index contributed by atoms with van der Waals surface area (Å²) in [5.41, 5.74) is 1.66. The predicted octanol–water partition coefficient (Wildman–Crippen LogP) is 3.54. The summed E-state index contributed by atoms with van der Waals surface area (Å²) >= 11 is 5.70. The van der Waals surface area contributed by atoms with Crippen LogP contribution in [0.25, 0.3) is 5.69 Å². The van der Waals surface area contributed by atoms with Crippen LogP contribution in [0.15, 0.2) is 36.7 Å². The molecule has 0 N–H and O–H groups in total. The Morgan fingerprint density at radius 2 is 2.00 bits per heavy atom. The van der Waals surface area contributed by atoms with Crippen molar-refractivity contribution in [3.8, 4) is 11.7 Å². The predicted molar refractivity (Wildman–Crippen MR) is 82.4 cm³/mol. The normalized spacial score (nSPS) is 11.0. The summed E-state index contributed by atoms with van der Waals surface area (Å²) in [5.74, 6) is 0. The number of hydrogen-bond donors (Lipinski definition) is 0. The van der Waals surface area contributed by atoms with Crippen molar-refractivity contribution in [3.05, 3.63) is 58.6 Å². The first-order chi connectivity index (χ1) is 11.5. The Balaban J connectivity index is 1.78. The van der Waals surface area contributed by atoms with E-state index in [0.717, 1.165) is 0 Å². The molecule has 0 aliphatic heterocycles. The summed E-state index contributed by atoms with van der Waals surface area (Å²) in [6, 6.07) is 6.13. The molecule has 0 radical (unpaired) electrons. The summed E-state index contributed by atoms with van der Waals surface area (Å²) in [4.78, 5) is 7.83. The molecule has 1 aromatic carbocycles. The van der Waals surface area contributed by atoms with Gasteiger partial charge in [-0.05, 0) is 19.1 Å². The molecule has 2 aromatic heterocycles. The number of rotatable bonds is 5. The van der Waals surface area contributed by atoms with Crippen LogP contribution in [0.4, 0.5) is 8.78 Å². The molecular formula is C15H12ClF2N5O. The summed E-state index contributed by atoms with van der Waals surface area (Å²) < 4.78 is 32.5. The van der Waals surface area contributed by atoms with E-state index in [1.165, 1.54) is 29.2 Å². The Hall–Kier alpha value is -2.61. The van der Waals surface area contributed by atoms with Crippen LogP contribution >= 0.6 is 11.6 Å². The molecule has 0 unspecified atom stereocenters. The second-order valence-electron chi connectivity index (χ2n) is 4.90. The van der Waals surface area contributed by atoms with E-state index >= 15 is 0 Å². The standard InChI is InChI=1S/C15H12ClF2N5O/c1-9-13(8-24-15-19-6-11(16)7-20-15)21-22-23(9)12-4-2-3-10(5-12)14(17)18/h2-7,14H,8H2,1H3. The van der Waals surface area contributed by atoms with Gasteiger partial charge in [0.2, 0.25) is 0 Å². The van der Waals surface area contributed by atoms with Crippen molar-refractivity contribution in [2.75, 3.05) is 0 Å². The van der Waals surface area contributed by atoms with E-state index in [1.54, 1.807) is 19.1 Å². The molecular weight excluding hydrogens is 340 g/mol. The maximum atomic E-state index is 12.8. The lowest BCUT2D eigenvalue weighted by molar-refractivity contribution is 0.151. The van der Waals surface area contributed by atoms with Gasteiger partial charge in [-0.2, -0.15) is 0 Å². The molecule has 0 bridgehead atoms. The number of halogens is 3. The first-order valence-corrected chi connectivity index (χ1v) is 7.32. The van der Waals surface area contributed by atoms with E-state index in [1.807, 2.05) is 0 Å². The fourth-order valence-electron chi connectivity index (χ4n) is 2.04. The molecule has 0 fully saturated rings. The van der Waals surface area contributed by atoms with Gasteiger partial charge in [0.15, 0.2) is 0 Å². The van der Waals surface area contributed by atoms with Crippen LogP contribution in [0.5, 0.6) is 6.01 Å². The molecule has 24 heavy (non-hydrogen) atoms. The quantitative estimate of drug-likeness (QED) is 0.703. The maximum Gasteiger partial charge on any atom is 0.316 e. The van der Waals surface area contributed by atoms with Gasteiger partial charge in [0.25, 0.3) is 6.43 Å². The van der Waals surface area contributed by atoms with E-state index in [2.05, 4.69) is 20.3 Å². The summed E-state index contributed by atoms with van der Waals surface area (Å²) in [6.45, 7) is 1.87. The van der Waals surface area contributed by atoms with Crippen LogP contribution in [0.3, 0.4) is 0 Å². The zero-order valence-corrected chi connectivity index (χ0v) is 13.3. The minimum atomic E-state index is -2.54. The molecule has 3 aromatic rings. The molecule has 0 spiro atoms. The number of ether oxygens (including phenoxy) is 1. The minimum absolute atomic E-state index is 0.0743. The fraction of sp³-hybridized carbons (Fsp3) is 0.200. The molecule has 0 amide bonds. The Kier molecular flexibility index (Phi) is 4.66. The Labute approximate surface area is 141 Å². The highest BCUT2D eigenvalue weighted by atomic mass is 35.5. The molecule has 3 rings (SSSR count). The molecule has 124 valence electrons. The van der Waals surface area contributed by atoms with Gasteiger partial charge < -0.3 is 4.74 Å². The average molecular weight is 352 g/mol. The highest BCUT2D eigenvalue weighted by Gasteiger charge is 2.13. The third kappa shape index (κ3) is 3.48. The Bertz CT molecular complexity index is 838. The minimum Gasteiger partial charge on any atom is -0.457 e. The molecule has 0 aliphatic rings. The number of alkyl halides is 2. The SMILES string of the molecule is Cc1c(COc2ncc(Cl)cn2)nnn1-c1cccc(C(F)F)c1. The van der Waals surface area contributed by atoms with Gasteiger partial charge in [-0.25, -0.2) is 23.4 Å². The van der Waals surface area contributed by atoms with Crippen molar-refractivity contribution in [1.29, 1.82) is 0 Å². The van der Waals surface area contributed by atoms with Gasteiger partial charge in [0.1, 0.15) is 12.3 Å². The first kappa shape index (κ1) is 16.3. The molecule has 0 saturated carbocycles. The lowest BCUT2D eigenvalue weighted by Gasteiger charge is -2.06. The van der Waals surface area contributed by atoms with Crippen molar-refractivity contribution in [2.45, 2.75) is 20.0 Å². The van der Waals surface area contributed by atoms with Crippen LogP contribution in [-0.4, -0.2) is 25.0 Å². The number of benzene rings is 1. The third-order valence-corrected chi connectivity index (χ3v) is 3.49. The lowest BCUT2D eigenvalue weighted by atomic mass is 10.2. The molecule has 0 atom stereocenters. The highest BCUT2D eigenvalue weighted by molar-refractivity contribution is 6.30. The number of hydrogen-bond acceptors (Lipinski definition) is 5. The molecule has 6 nitrogen and oxygen atoms in total. The monoisotopic (exact) mass is 351 g/mol. The zero-order valence-electron chi connectivity index (χ0n) is 12.5. The van der Waals surface area contributed by atoms with Crippen LogP contribution in [0.2, 0.25) is 5.02 Å². The van der Waals surface area contributed by atoms with E-state index in [-0.39, 0.29) is 18.2 Å². The molecule has 0 saturated heterocycles. The number of nitrogens with zero attached hydrogens (tertiary/aromatic N) is 5. The van der Waals surface area contributed by atoms with Gasteiger partial charge >= 0.3 is 6.01 Å². The van der Waals surface area contributed by atoms with E-state index in [0.29, 0.717) is 22.1 Å². The van der Waals surface area contributed by atoms with Crippen LogP contribution in [-0.2, 0) is 6.61 Å². The van der Waals surface area contributed by atoms with Crippen molar-refractivity contribution in [1.82, 2.24) is 25.0 Å². The zero-order chi connectivity index (χ0) is 17.1. The van der Waals surface area contributed by atoms with Crippen molar-refractivity contribution in [2.24, 2.45) is 0 Å². The largest absolute Gasteiger partial charge is 0.457 e. The second kappa shape index (κ2) is 6.88. The fourth-order valence-corrected chi connectivity index (χ4v) is 2.14. The van der Waals surface area contributed by atoms with E-state index in [4.69, 9.17) is 16.3 Å². The lowest BCUT2D eigenvalue weighted by Crippen LogP contribution is -2.03. The average Bonchev–Trinajstić information content (AvgIpc) is 2.95. The van der Waals surface area contributed by atoms with Gasteiger partial charge in [-0.1, -0.05) is 28.9 Å². The van der Waals surface area contributed by atoms with Gasteiger partial charge in [0.05, 0.1) is 28.8 Å². The van der Waals surface area contributed by atoms with Gasteiger partial charge in [-0.3, -0.25) is 0 Å². The maximum absolute atomic E-state index is 12.8. The summed E-state index contributed by atoms with van der Waals surface area (Å²) in [7, 11) is 0. The molecule has 0 aliphatic carbocycles. The Morgan fingerprint density at radius 1 is 1.25 bits per heavy atom. The van der Waals surface area contributed by atoms with Gasteiger partial charge in [0, 0.05) is 5.56 Å². The number of aromatic nitrogens is 5. The first-order valence-electron chi connectivity index (χ1n) is 6.94. The van der Waals surface area contributed by atoms with Crippen molar-refractivity contribution < 1.29 is 13.5 Å². The highest BCUT2D eigenvalue weighted by Crippen LogP contribution is 2.22. The van der Waals surface area contributed by atoms with Crippen molar-refractivity contribution in [3.63, 3.8) is 0 Å². The topological polar surface area (TPSA) is 65.7 Å². The van der Waals surface area contributed by atoms with Crippen LogP contribution in [0.1, 0.15) is 23.4 Å². The Morgan fingerprint density at radius 3 is 2.71 bits per heavy atom. The second-order valence-corrected chi connectivity index (χ2v) is 5.34. The van der Waals surface area contributed by atoms with E-state index in [9.17, 15) is 8.78 Å². The summed E-state index contributed by atoms with van der Waals surface area (Å²) in [5, 5.41) is 8.42. The van der Waals surface area contributed by atoms with Crippen molar-refractivity contribution >= 4 is 11.6 Å². The van der Waals surface area contributed by atoms with Gasteiger partial charge in [-0.15, -0.1) is 5.10 Å². The van der Waals surface area contributed by atoms with Crippen LogP contribution < -0.4 is 4.74 Å². The third-order valence-electron chi connectivity index (χ3n) is 3.29. The molecule has 9 heteroatoms. The van der Waals surface area contributed by atoms with Crippen LogP contribution in [0, 0.1) is 6.92 Å². The smallest absolute Gasteiger partial charge is 0.316 e. The molecule has 2 heterocycles. The summed E-state index contributed by atoms with van der Waals surface area (Å²) in [6.07, 6.45) is 0.297.